The van der Waals surface area contributed by atoms with Crippen molar-refractivity contribution in [3.8, 4) is 45.2 Å². The Morgan fingerprint density at radius 2 is 1.00 bits per heavy atom. The highest BCUT2D eigenvalue weighted by Gasteiger charge is 2.15. The van der Waals surface area contributed by atoms with Crippen molar-refractivity contribution in [2.24, 2.45) is 0 Å². The summed E-state index contributed by atoms with van der Waals surface area (Å²) in [4.78, 5) is 19.9. The molecular weight excluding hydrogens is 609 g/mol. The molecule has 0 fully saturated rings. The Morgan fingerprint density at radius 1 is 0.380 bits per heavy atom. The van der Waals surface area contributed by atoms with Crippen LogP contribution in [0.2, 0.25) is 0 Å². The van der Waals surface area contributed by atoms with Crippen molar-refractivity contribution in [1.29, 1.82) is 0 Å². The van der Waals surface area contributed by atoms with Gasteiger partial charge in [-0.3, -0.25) is 4.98 Å². The van der Waals surface area contributed by atoms with Crippen LogP contribution in [0.5, 0.6) is 0 Å². The van der Waals surface area contributed by atoms with Gasteiger partial charge in [0.2, 0.25) is 0 Å². The minimum absolute atomic E-state index is 0.582. The molecule has 0 atom stereocenters. The van der Waals surface area contributed by atoms with E-state index in [2.05, 4.69) is 138 Å². The number of rotatable bonds is 6. The second-order valence-electron chi connectivity index (χ2n) is 11.9. The molecule has 6 aromatic carbocycles. The Morgan fingerprint density at radius 3 is 1.86 bits per heavy atom. The maximum Gasteiger partial charge on any atom is 0.164 e. The average Bonchev–Trinajstić information content (AvgIpc) is 3.19. The Bertz CT molecular complexity index is 2510. The van der Waals surface area contributed by atoms with E-state index < -0.39 is 0 Å². The van der Waals surface area contributed by atoms with Crippen LogP contribution in [0.15, 0.2) is 182 Å². The third-order valence-electron chi connectivity index (χ3n) is 8.67. The molecule has 2 aromatic heterocycles. The van der Waals surface area contributed by atoms with Crippen LogP contribution in [0.4, 0.5) is 0 Å². The molecule has 236 valence electrons. The van der Waals surface area contributed by atoms with Gasteiger partial charge in [0.15, 0.2) is 17.5 Å². The predicted molar refractivity (Wildman–Crippen MR) is 207 cm³/mol. The van der Waals surface area contributed by atoms with E-state index in [1.807, 2.05) is 60.8 Å². The first-order valence-electron chi connectivity index (χ1n) is 16.6. The molecule has 50 heavy (non-hydrogen) atoms. The van der Waals surface area contributed by atoms with Crippen molar-refractivity contribution < 1.29 is 0 Å². The minimum atomic E-state index is 0.582. The lowest BCUT2D eigenvalue weighted by Crippen LogP contribution is -2.00. The van der Waals surface area contributed by atoms with Crippen molar-refractivity contribution in [2.75, 3.05) is 0 Å². The van der Waals surface area contributed by atoms with Crippen LogP contribution >= 0.6 is 0 Å². The minimum Gasteiger partial charge on any atom is -0.256 e. The molecule has 8 rings (SSSR count). The molecule has 4 nitrogen and oxygen atoms in total. The first kappa shape index (κ1) is 30.5. The molecule has 0 aliphatic heterocycles. The lowest BCUT2D eigenvalue weighted by Gasteiger charge is -2.12. The van der Waals surface area contributed by atoms with Crippen LogP contribution in [-0.4, -0.2) is 19.9 Å². The molecule has 0 aliphatic rings. The lowest BCUT2D eigenvalue weighted by atomic mass is 9.97. The Labute approximate surface area is 291 Å². The van der Waals surface area contributed by atoms with Crippen molar-refractivity contribution in [3.63, 3.8) is 0 Å². The molecule has 4 heteroatoms. The summed E-state index contributed by atoms with van der Waals surface area (Å²) < 4.78 is 0. The standard InChI is InChI=1S/C46H32N4/c1-2-4-15-31-47-43(24-8-3-1)35-25-27-36(28-26-35)45-48-44(30-29-34-18-9-11-20-38(34)33-16-6-5-7-17-33)49-46(50-45)42-32-37-19-10-12-21-39(37)40-22-13-14-23-41(40)42/h1-32H. The first-order valence-corrected chi connectivity index (χ1v) is 16.6. The Kier molecular flexibility index (Phi) is 8.64. The maximum absolute atomic E-state index is 5.12. The highest BCUT2D eigenvalue weighted by atomic mass is 15.0. The molecule has 8 aromatic rings. The first-order chi connectivity index (χ1) is 24.8. The topological polar surface area (TPSA) is 51.6 Å². The molecule has 0 unspecified atom stereocenters. The van der Waals surface area contributed by atoms with E-state index in [0.717, 1.165) is 49.8 Å². The van der Waals surface area contributed by atoms with Crippen molar-refractivity contribution in [2.45, 2.75) is 0 Å². The largest absolute Gasteiger partial charge is 0.256 e. The summed E-state index contributed by atoms with van der Waals surface area (Å²) >= 11 is 0. The summed E-state index contributed by atoms with van der Waals surface area (Å²) in [5.41, 5.74) is 7.12. The highest BCUT2D eigenvalue weighted by molar-refractivity contribution is 6.13. The van der Waals surface area contributed by atoms with Gasteiger partial charge >= 0.3 is 0 Å². The molecule has 0 radical (unpaired) electrons. The van der Waals surface area contributed by atoms with E-state index in [-0.39, 0.29) is 0 Å². The van der Waals surface area contributed by atoms with Gasteiger partial charge in [-0.1, -0.05) is 164 Å². The monoisotopic (exact) mass is 640 g/mol. The molecule has 0 amide bonds. The van der Waals surface area contributed by atoms with E-state index >= 15 is 0 Å². The smallest absolute Gasteiger partial charge is 0.164 e. The van der Waals surface area contributed by atoms with Gasteiger partial charge in [-0.15, -0.1) is 0 Å². The van der Waals surface area contributed by atoms with Crippen molar-refractivity contribution >= 4 is 33.7 Å². The second kappa shape index (κ2) is 14.1. The number of benzene rings is 6. The van der Waals surface area contributed by atoms with E-state index in [0.29, 0.717) is 17.5 Å². The molecule has 0 bridgehead atoms. The fourth-order valence-corrected chi connectivity index (χ4v) is 6.22. The summed E-state index contributed by atoms with van der Waals surface area (Å²) in [6.07, 6.45) is 5.89. The SMILES string of the molecule is C(=Cc1ccccc1-c1ccccc1)c1nc(-c2ccc(-c3ccccccccn3)cc2)nc(-c2cc3ccccc3c3ccccc23)n1. The van der Waals surface area contributed by atoms with Gasteiger partial charge in [0.05, 0.1) is 5.69 Å². The third-order valence-corrected chi connectivity index (χ3v) is 8.67. The van der Waals surface area contributed by atoms with Gasteiger partial charge in [0, 0.05) is 22.9 Å². The van der Waals surface area contributed by atoms with E-state index in [1.54, 1.807) is 0 Å². The fraction of sp³-hybridized carbons (Fsp3) is 0. The number of hydrogen-bond donors (Lipinski definition) is 0. The van der Waals surface area contributed by atoms with E-state index in [1.165, 1.54) is 10.8 Å². The number of hydrogen-bond acceptors (Lipinski definition) is 4. The lowest BCUT2D eigenvalue weighted by molar-refractivity contribution is 1.05. The van der Waals surface area contributed by atoms with Gasteiger partial charge in [-0.2, -0.15) is 0 Å². The molecule has 0 saturated carbocycles. The fourth-order valence-electron chi connectivity index (χ4n) is 6.22. The quantitative estimate of drug-likeness (QED) is 0.170. The summed E-state index contributed by atoms with van der Waals surface area (Å²) in [6.45, 7) is 0. The summed E-state index contributed by atoms with van der Waals surface area (Å²) in [6, 6.07) is 60.0. The molecule has 0 saturated heterocycles. The number of fused-ring (bicyclic) bond motifs is 3. The van der Waals surface area contributed by atoms with Gasteiger partial charge in [-0.05, 0) is 62.5 Å². The van der Waals surface area contributed by atoms with Crippen LogP contribution in [0.25, 0.3) is 78.9 Å². The van der Waals surface area contributed by atoms with Gasteiger partial charge in [-0.25, -0.2) is 15.0 Å². The normalized spacial score (nSPS) is 11.1. The molecule has 0 aliphatic carbocycles. The summed E-state index contributed by atoms with van der Waals surface area (Å²) in [5, 5.41) is 4.61. The molecule has 2 heterocycles. The summed E-state index contributed by atoms with van der Waals surface area (Å²) in [5.74, 6) is 1.81. The van der Waals surface area contributed by atoms with Gasteiger partial charge in [0.1, 0.15) is 0 Å². The van der Waals surface area contributed by atoms with Crippen LogP contribution in [0.1, 0.15) is 11.4 Å². The molecule has 0 spiro atoms. The van der Waals surface area contributed by atoms with Crippen molar-refractivity contribution in [3.05, 3.63) is 194 Å². The maximum atomic E-state index is 5.12. The zero-order valence-corrected chi connectivity index (χ0v) is 27.3. The predicted octanol–water partition coefficient (Wildman–Crippen LogP) is 11.5. The summed E-state index contributed by atoms with van der Waals surface area (Å²) in [7, 11) is 0. The van der Waals surface area contributed by atoms with Gasteiger partial charge < -0.3 is 0 Å². The van der Waals surface area contributed by atoms with Crippen LogP contribution in [0.3, 0.4) is 0 Å². The number of aromatic nitrogens is 4. The van der Waals surface area contributed by atoms with E-state index in [9.17, 15) is 0 Å². The third kappa shape index (κ3) is 6.51. The average molecular weight is 641 g/mol. The Balaban J connectivity index is 1.27. The molecular formula is C46H32N4. The Hall–Kier alpha value is -6.78. The van der Waals surface area contributed by atoms with E-state index in [4.69, 9.17) is 15.0 Å². The second-order valence-corrected chi connectivity index (χ2v) is 11.9. The zero-order valence-electron chi connectivity index (χ0n) is 27.3. The van der Waals surface area contributed by atoms with Crippen LogP contribution < -0.4 is 0 Å². The van der Waals surface area contributed by atoms with Gasteiger partial charge in [0.25, 0.3) is 0 Å². The number of nitrogens with zero attached hydrogens (tertiary/aromatic N) is 4. The van der Waals surface area contributed by atoms with Crippen LogP contribution in [0, 0.1) is 0 Å². The zero-order chi connectivity index (χ0) is 33.5. The highest BCUT2D eigenvalue weighted by Crippen LogP contribution is 2.34. The van der Waals surface area contributed by atoms with Crippen molar-refractivity contribution in [1.82, 2.24) is 19.9 Å². The molecule has 0 N–H and O–H groups in total. The van der Waals surface area contributed by atoms with Crippen LogP contribution in [-0.2, 0) is 0 Å².